The number of H-pyrrole nitrogens is 1. The van der Waals surface area contributed by atoms with E-state index in [1.165, 1.54) is 30.5 Å². The summed E-state index contributed by atoms with van der Waals surface area (Å²) in [6.07, 6.45) is 5.36. The molecule has 1 saturated heterocycles. The van der Waals surface area contributed by atoms with Crippen LogP contribution in [0, 0.1) is 19.8 Å². The van der Waals surface area contributed by atoms with Crippen molar-refractivity contribution in [1.29, 1.82) is 0 Å². The lowest BCUT2D eigenvalue weighted by molar-refractivity contribution is 0.404. The van der Waals surface area contributed by atoms with Gasteiger partial charge in [0.2, 0.25) is 0 Å². The molecule has 4 heterocycles. The number of pyridine rings is 1. The molecule has 1 fully saturated rings. The fraction of sp³-hybridized carbons (Fsp3) is 0.400. The summed E-state index contributed by atoms with van der Waals surface area (Å²) < 4.78 is 0. The van der Waals surface area contributed by atoms with Crippen molar-refractivity contribution in [3.05, 3.63) is 69.8 Å². The standard InChI is InChI=1S/C25H29N5O/c1-17-18(2)27-24(28-25(17)31)21-7-8-23(26-15-21)29-12-9-19(10-13-29)16-30-14-11-20-5-3-4-6-22(20)30/h3-8,15,19H,9-14,16H2,1-2H3,(H,27,28,31). The number of piperidine rings is 1. The number of benzene rings is 1. The van der Waals surface area contributed by atoms with Gasteiger partial charge in [-0.05, 0) is 62.8 Å². The number of nitrogens with zero attached hydrogens (tertiary/aromatic N) is 4. The summed E-state index contributed by atoms with van der Waals surface area (Å²) >= 11 is 0. The van der Waals surface area contributed by atoms with Gasteiger partial charge in [0.1, 0.15) is 11.6 Å². The molecule has 2 aromatic heterocycles. The molecule has 2 aliphatic heterocycles. The maximum absolute atomic E-state index is 12.0. The monoisotopic (exact) mass is 415 g/mol. The Bertz CT molecular complexity index is 1130. The number of anilines is 2. The van der Waals surface area contributed by atoms with Crippen LogP contribution in [0.3, 0.4) is 0 Å². The number of aromatic nitrogens is 3. The van der Waals surface area contributed by atoms with Gasteiger partial charge in [-0.15, -0.1) is 0 Å². The summed E-state index contributed by atoms with van der Waals surface area (Å²) in [7, 11) is 0. The average molecular weight is 416 g/mol. The number of fused-ring (bicyclic) bond motifs is 1. The Morgan fingerprint density at radius 1 is 1.06 bits per heavy atom. The van der Waals surface area contributed by atoms with Crippen LogP contribution in [0.4, 0.5) is 11.5 Å². The molecule has 31 heavy (non-hydrogen) atoms. The lowest BCUT2D eigenvalue weighted by atomic mass is 9.96. The van der Waals surface area contributed by atoms with E-state index in [0.29, 0.717) is 11.4 Å². The predicted octanol–water partition coefficient (Wildman–Crippen LogP) is 3.73. The molecule has 0 amide bonds. The molecule has 0 aliphatic carbocycles. The summed E-state index contributed by atoms with van der Waals surface area (Å²) in [5.41, 5.74) is 5.09. The predicted molar refractivity (Wildman–Crippen MR) is 125 cm³/mol. The third kappa shape index (κ3) is 3.94. The lowest BCUT2D eigenvalue weighted by Crippen LogP contribution is -2.38. The first-order valence-corrected chi connectivity index (χ1v) is 11.2. The van der Waals surface area contributed by atoms with E-state index in [4.69, 9.17) is 0 Å². The molecule has 0 saturated carbocycles. The third-order valence-corrected chi connectivity index (χ3v) is 6.82. The van der Waals surface area contributed by atoms with Gasteiger partial charge in [0.15, 0.2) is 0 Å². The van der Waals surface area contributed by atoms with E-state index >= 15 is 0 Å². The van der Waals surface area contributed by atoms with Gasteiger partial charge in [-0.1, -0.05) is 18.2 Å². The van der Waals surface area contributed by atoms with Crippen LogP contribution in [0.15, 0.2) is 47.4 Å². The number of hydrogen-bond donors (Lipinski definition) is 1. The summed E-state index contributed by atoms with van der Waals surface area (Å²) in [6.45, 7) is 8.02. The van der Waals surface area contributed by atoms with E-state index in [9.17, 15) is 4.79 Å². The molecule has 6 nitrogen and oxygen atoms in total. The minimum absolute atomic E-state index is 0.0886. The first-order valence-electron chi connectivity index (χ1n) is 11.2. The van der Waals surface area contributed by atoms with E-state index in [-0.39, 0.29) is 5.56 Å². The second kappa shape index (κ2) is 8.17. The van der Waals surface area contributed by atoms with Crippen molar-refractivity contribution in [2.24, 2.45) is 5.92 Å². The highest BCUT2D eigenvalue weighted by Gasteiger charge is 2.25. The van der Waals surface area contributed by atoms with E-state index in [0.717, 1.165) is 49.2 Å². The highest BCUT2D eigenvalue weighted by molar-refractivity contribution is 5.58. The maximum atomic E-state index is 12.0. The maximum Gasteiger partial charge on any atom is 0.254 e. The second-order valence-corrected chi connectivity index (χ2v) is 8.79. The number of aromatic amines is 1. The molecule has 0 unspecified atom stereocenters. The van der Waals surface area contributed by atoms with Crippen molar-refractivity contribution in [1.82, 2.24) is 15.0 Å². The van der Waals surface area contributed by atoms with E-state index in [2.05, 4.69) is 49.0 Å². The fourth-order valence-corrected chi connectivity index (χ4v) is 4.75. The molecule has 5 rings (SSSR count). The number of hydrogen-bond acceptors (Lipinski definition) is 5. The van der Waals surface area contributed by atoms with E-state index in [1.807, 2.05) is 25.3 Å². The second-order valence-electron chi connectivity index (χ2n) is 8.79. The number of nitrogens with one attached hydrogen (secondary N) is 1. The zero-order valence-corrected chi connectivity index (χ0v) is 18.3. The molecule has 0 atom stereocenters. The van der Waals surface area contributed by atoms with Gasteiger partial charge >= 0.3 is 0 Å². The van der Waals surface area contributed by atoms with Gasteiger partial charge in [-0.25, -0.2) is 9.97 Å². The SMILES string of the molecule is Cc1nc(-c2ccc(N3CCC(CN4CCc5ccccc54)CC3)nc2)[nH]c(=O)c1C. The molecule has 2 aliphatic rings. The van der Waals surface area contributed by atoms with Crippen LogP contribution in [0.2, 0.25) is 0 Å². The summed E-state index contributed by atoms with van der Waals surface area (Å²) in [6, 6.07) is 12.9. The normalized spacial score (nSPS) is 16.6. The molecular formula is C25H29N5O. The van der Waals surface area contributed by atoms with Crippen LogP contribution >= 0.6 is 0 Å². The minimum atomic E-state index is -0.0886. The third-order valence-electron chi connectivity index (χ3n) is 6.82. The van der Waals surface area contributed by atoms with Gasteiger partial charge < -0.3 is 14.8 Å². The van der Waals surface area contributed by atoms with Crippen LogP contribution < -0.4 is 15.4 Å². The number of rotatable bonds is 4. The molecule has 0 spiro atoms. The zero-order valence-electron chi connectivity index (χ0n) is 18.3. The van der Waals surface area contributed by atoms with Gasteiger partial charge in [-0.3, -0.25) is 4.79 Å². The molecule has 160 valence electrons. The molecule has 6 heteroatoms. The van der Waals surface area contributed by atoms with Crippen molar-refractivity contribution in [2.45, 2.75) is 33.1 Å². The van der Waals surface area contributed by atoms with Crippen LogP contribution in [-0.4, -0.2) is 41.1 Å². The lowest BCUT2D eigenvalue weighted by Gasteiger charge is -2.35. The van der Waals surface area contributed by atoms with Crippen molar-refractivity contribution < 1.29 is 0 Å². The van der Waals surface area contributed by atoms with Gasteiger partial charge in [0.25, 0.3) is 5.56 Å². The van der Waals surface area contributed by atoms with Crippen LogP contribution in [0.25, 0.3) is 11.4 Å². The smallest absolute Gasteiger partial charge is 0.254 e. The largest absolute Gasteiger partial charge is 0.371 e. The minimum Gasteiger partial charge on any atom is -0.371 e. The number of para-hydroxylation sites is 1. The van der Waals surface area contributed by atoms with Gasteiger partial charge in [-0.2, -0.15) is 0 Å². The molecule has 1 N–H and O–H groups in total. The Hall–Kier alpha value is -3.15. The highest BCUT2D eigenvalue weighted by Crippen LogP contribution is 2.31. The zero-order chi connectivity index (χ0) is 21.4. The van der Waals surface area contributed by atoms with Gasteiger partial charge in [0.05, 0.1) is 0 Å². The first kappa shape index (κ1) is 19.8. The van der Waals surface area contributed by atoms with Crippen LogP contribution in [0.5, 0.6) is 0 Å². The highest BCUT2D eigenvalue weighted by atomic mass is 16.1. The Balaban J connectivity index is 1.21. The summed E-state index contributed by atoms with van der Waals surface area (Å²) in [4.78, 5) is 29.0. The topological polar surface area (TPSA) is 65.1 Å². The molecule has 0 radical (unpaired) electrons. The molecule has 0 bridgehead atoms. The molecule has 3 aromatic rings. The summed E-state index contributed by atoms with van der Waals surface area (Å²) in [5.74, 6) is 2.31. The van der Waals surface area contributed by atoms with E-state index < -0.39 is 0 Å². The Morgan fingerprint density at radius 3 is 2.61 bits per heavy atom. The van der Waals surface area contributed by atoms with E-state index in [1.54, 1.807) is 6.92 Å². The Kier molecular flexibility index (Phi) is 5.22. The van der Waals surface area contributed by atoms with Crippen molar-refractivity contribution >= 4 is 11.5 Å². The fourth-order valence-electron chi connectivity index (χ4n) is 4.75. The van der Waals surface area contributed by atoms with Crippen molar-refractivity contribution in [2.75, 3.05) is 36.0 Å². The van der Waals surface area contributed by atoms with Crippen LogP contribution in [0.1, 0.15) is 29.7 Å². The molecular weight excluding hydrogens is 386 g/mol. The summed E-state index contributed by atoms with van der Waals surface area (Å²) in [5, 5.41) is 0. The molecule has 1 aromatic carbocycles. The Morgan fingerprint density at radius 2 is 1.87 bits per heavy atom. The Labute approximate surface area is 183 Å². The first-order chi connectivity index (χ1) is 15.1. The number of aryl methyl sites for hydroxylation is 1. The van der Waals surface area contributed by atoms with Crippen molar-refractivity contribution in [3.8, 4) is 11.4 Å². The quantitative estimate of drug-likeness (QED) is 0.703. The van der Waals surface area contributed by atoms with Crippen molar-refractivity contribution in [3.63, 3.8) is 0 Å². The van der Waals surface area contributed by atoms with Gasteiger partial charge in [0, 0.05) is 54.9 Å². The average Bonchev–Trinajstić information content (AvgIpc) is 3.21. The van der Waals surface area contributed by atoms with Crippen LogP contribution in [-0.2, 0) is 6.42 Å².